The molecule has 6 nitrogen and oxygen atoms in total. The van der Waals surface area contributed by atoms with Crippen LogP contribution in [0.5, 0.6) is 17.2 Å². The van der Waals surface area contributed by atoms with Gasteiger partial charge in [0.05, 0.1) is 20.8 Å². The van der Waals surface area contributed by atoms with Crippen LogP contribution in [0.3, 0.4) is 0 Å². The van der Waals surface area contributed by atoms with Crippen LogP contribution in [0.25, 0.3) is 0 Å². The summed E-state index contributed by atoms with van der Waals surface area (Å²) in [6.07, 6.45) is 0. The van der Waals surface area contributed by atoms with Crippen molar-refractivity contribution >= 4 is 11.4 Å². The number of hydrogen-bond acceptors (Lipinski definition) is 6. The van der Waals surface area contributed by atoms with E-state index in [9.17, 15) is 9.59 Å². The highest BCUT2D eigenvalue weighted by atomic mass is 16.5. The molecule has 0 radical (unpaired) electrons. The molecule has 106 valence electrons. The largest absolute Gasteiger partial charge is 0.497 e. The Bertz CT molecular complexity index is 663. The summed E-state index contributed by atoms with van der Waals surface area (Å²) in [7, 11) is 3.06. The molecule has 6 heteroatoms. The van der Waals surface area contributed by atoms with Crippen LogP contribution in [0, 0.1) is 0 Å². The average molecular weight is 277 g/mol. The van der Waals surface area contributed by atoms with Gasteiger partial charge >= 0.3 is 0 Å². The maximum absolute atomic E-state index is 11.5. The lowest BCUT2D eigenvalue weighted by atomic mass is 10.2. The zero-order valence-corrected chi connectivity index (χ0v) is 11.5. The van der Waals surface area contributed by atoms with Gasteiger partial charge in [-0.25, -0.2) is 0 Å². The minimum atomic E-state index is -0.607. The summed E-state index contributed by atoms with van der Waals surface area (Å²) in [5, 5.41) is 2.87. The number of ether oxygens (including phenoxy) is 3. The quantitative estimate of drug-likeness (QED) is 0.805. The van der Waals surface area contributed by atoms with Crippen LogP contribution < -0.4 is 30.4 Å². The molecule has 0 saturated heterocycles. The number of hydrogen-bond donors (Lipinski definition) is 1. The molecule has 2 aromatic rings. The van der Waals surface area contributed by atoms with Crippen molar-refractivity contribution in [1.82, 2.24) is 0 Å². The summed E-state index contributed by atoms with van der Waals surface area (Å²) >= 11 is 0. The van der Waals surface area contributed by atoms with Crippen molar-refractivity contribution in [3.8, 4) is 17.2 Å². The molecule has 0 fully saturated rings. The first-order chi connectivity index (χ1) is 9.60. The molecule has 2 rings (SSSR count). The normalized spacial score (nSPS) is 10.3. The van der Waals surface area contributed by atoms with Gasteiger partial charge in [-0.2, -0.15) is 0 Å². The van der Waals surface area contributed by atoms with Gasteiger partial charge < -0.3 is 19.5 Å². The number of nitrogens with one attached hydrogen (secondary N) is 1. The Hall–Kier alpha value is -2.50. The van der Waals surface area contributed by atoms with Gasteiger partial charge in [0.2, 0.25) is 0 Å². The van der Waals surface area contributed by atoms with Crippen LogP contribution >= 0.6 is 0 Å². The molecule has 2 aromatic carbocycles. The van der Waals surface area contributed by atoms with Crippen LogP contribution in [-0.4, -0.2) is 20.8 Å². The average Bonchev–Trinajstić information content (AvgIpc) is 2.49. The van der Waals surface area contributed by atoms with E-state index in [0.29, 0.717) is 23.8 Å². The first kappa shape index (κ1) is 13.9. The van der Waals surface area contributed by atoms with E-state index in [4.69, 9.17) is 14.2 Å². The van der Waals surface area contributed by atoms with E-state index in [1.807, 2.05) is 0 Å². The van der Waals surface area contributed by atoms with Gasteiger partial charge in [-0.15, -0.1) is 0 Å². The highest BCUT2D eigenvalue weighted by molar-refractivity contribution is 5.71. The van der Waals surface area contributed by atoms with Crippen LogP contribution in [0.4, 0.5) is 11.4 Å². The summed E-state index contributed by atoms with van der Waals surface area (Å²) in [5.41, 5.74) is -0.458. The molecule has 0 aliphatic rings. The van der Waals surface area contributed by atoms with Crippen LogP contribution in [0.1, 0.15) is 6.92 Å². The van der Waals surface area contributed by atoms with Crippen LogP contribution in [0.15, 0.2) is 27.8 Å². The van der Waals surface area contributed by atoms with E-state index in [2.05, 4.69) is 5.32 Å². The third kappa shape index (κ3) is 2.45. The van der Waals surface area contributed by atoms with Gasteiger partial charge in [0.25, 0.3) is 10.9 Å². The van der Waals surface area contributed by atoms with Gasteiger partial charge in [0.15, 0.2) is 5.75 Å². The fourth-order valence-corrected chi connectivity index (χ4v) is 1.79. The lowest BCUT2D eigenvalue weighted by molar-refractivity contribution is 0.335. The van der Waals surface area contributed by atoms with Gasteiger partial charge in [-0.3, -0.25) is 9.59 Å². The Kier molecular flexibility index (Phi) is 3.93. The third-order valence-electron chi connectivity index (χ3n) is 2.78. The predicted molar refractivity (Wildman–Crippen MR) is 75.4 cm³/mol. The number of methoxy groups -OCH3 is 2. The molecule has 0 aliphatic heterocycles. The Morgan fingerprint density at radius 2 is 1.60 bits per heavy atom. The highest BCUT2D eigenvalue weighted by Crippen LogP contribution is 2.29. The molecule has 0 aromatic heterocycles. The summed E-state index contributed by atoms with van der Waals surface area (Å²) in [5.74, 6) is 1.21. The van der Waals surface area contributed by atoms with E-state index < -0.39 is 10.9 Å². The summed E-state index contributed by atoms with van der Waals surface area (Å²) < 4.78 is 15.4. The van der Waals surface area contributed by atoms with Crippen molar-refractivity contribution < 1.29 is 14.2 Å². The van der Waals surface area contributed by atoms with Gasteiger partial charge in [-0.1, -0.05) is 0 Å². The number of rotatable bonds is 6. The van der Waals surface area contributed by atoms with Crippen molar-refractivity contribution in [2.75, 3.05) is 26.1 Å². The molecule has 0 saturated carbocycles. The fourth-order valence-electron chi connectivity index (χ4n) is 1.79. The zero-order valence-electron chi connectivity index (χ0n) is 11.5. The van der Waals surface area contributed by atoms with Crippen molar-refractivity contribution in [3.05, 3.63) is 38.6 Å². The Morgan fingerprint density at radius 1 is 1.00 bits per heavy atom. The zero-order chi connectivity index (χ0) is 14.7. The van der Waals surface area contributed by atoms with Crippen LogP contribution in [0.2, 0.25) is 0 Å². The lowest BCUT2D eigenvalue weighted by Crippen LogP contribution is -2.35. The minimum Gasteiger partial charge on any atom is -0.497 e. The van der Waals surface area contributed by atoms with E-state index in [1.165, 1.54) is 14.2 Å². The van der Waals surface area contributed by atoms with E-state index in [1.54, 1.807) is 25.1 Å². The predicted octanol–water partition coefficient (Wildman–Crippen LogP) is 1.44. The van der Waals surface area contributed by atoms with Crippen LogP contribution in [-0.2, 0) is 0 Å². The van der Waals surface area contributed by atoms with Crippen molar-refractivity contribution in [3.63, 3.8) is 0 Å². The molecule has 0 amide bonds. The third-order valence-corrected chi connectivity index (χ3v) is 2.78. The molecule has 1 N–H and O–H groups in total. The first-order valence-corrected chi connectivity index (χ1v) is 6.06. The molecular formula is C14H15NO5. The second kappa shape index (κ2) is 5.64. The maximum Gasteiger partial charge on any atom is 0.272 e. The molecule has 0 spiro atoms. The second-order valence-corrected chi connectivity index (χ2v) is 4.02. The maximum atomic E-state index is 11.5. The molecule has 0 aliphatic carbocycles. The Balaban J connectivity index is 2.33. The SMILES string of the molecule is CCOc1c(Nc2cc(OC)cc(OC)c2)c(=O)c1=O. The van der Waals surface area contributed by atoms with E-state index in [0.717, 1.165) is 0 Å². The topological polar surface area (TPSA) is 73.9 Å². The standard InChI is InChI=1S/C14H15NO5/c1-4-20-14-11(12(16)13(14)17)15-8-5-9(18-2)7-10(6-8)19-3/h5-7,15H,4H2,1-3H3. The molecular weight excluding hydrogens is 262 g/mol. The van der Waals surface area contributed by atoms with Gasteiger partial charge in [0.1, 0.15) is 17.2 Å². The molecule has 0 unspecified atom stereocenters. The summed E-state index contributed by atoms with van der Waals surface area (Å²) in [6, 6.07) is 5.08. The fraction of sp³-hybridized carbons (Fsp3) is 0.286. The van der Waals surface area contributed by atoms with Gasteiger partial charge in [0, 0.05) is 23.9 Å². The minimum absolute atomic E-state index is 0.0688. The first-order valence-electron chi connectivity index (χ1n) is 6.06. The Morgan fingerprint density at radius 3 is 2.10 bits per heavy atom. The van der Waals surface area contributed by atoms with E-state index >= 15 is 0 Å². The van der Waals surface area contributed by atoms with Crippen molar-refractivity contribution in [2.24, 2.45) is 0 Å². The lowest BCUT2D eigenvalue weighted by Gasteiger charge is -2.14. The Labute approximate surface area is 115 Å². The number of anilines is 2. The van der Waals surface area contributed by atoms with Gasteiger partial charge in [-0.05, 0) is 6.92 Å². The molecule has 0 heterocycles. The number of benzene rings is 1. The van der Waals surface area contributed by atoms with Crippen molar-refractivity contribution in [1.29, 1.82) is 0 Å². The molecule has 0 atom stereocenters. The van der Waals surface area contributed by atoms with Crippen molar-refractivity contribution in [2.45, 2.75) is 6.92 Å². The smallest absolute Gasteiger partial charge is 0.272 e. The molecule has 0 bridgehead atoms. The summed E-state index contributed by atoms with van der Waals surface area (Å²) in [6.45, 7) is 2.07. The highest BCUT2D eigenvalue weighted by Gasteiger charge is 2.22. The second-order valence-electron chi connectivity index (χ2n) is 4.02. The summed E-state index contributed by atoms with van der Waals surface area (Å²) in [4.78, 5) is 22.9. The monoisotopic (exact) mass is 277 g/mol. The van der Waals surface area contributed by atoms with E-state index in [-0.39, 0.29) is 11.4 Å². The molecule has 20 heavy (non-hydrogen) atoms.